The van der Waals surface area contributed by atoms with Crippen LogP contribution >= 0.6 is 35.6 Å². The highest BCUT2D eigenvalue weighted by molar-refractivity contribution is 14.0. The Morgan fingerprint density at radius 2 is 2.00 bits per heavy atom. The van der Waals surface area contributed by atoms with E-state index in [-0.39, 0.29) is 42.5 Å². The molecule has 0 bridgehead atoms. The van der Waals surface area contributed by atoms with Gasteiger partial charge in [0.2, 0.25) is 5.91 Å². The Balaban J connectivity index is 0.00000484. The number of halogens is 2. The molecule has 1 heterocycles. The van der Waals surface area contributed by atoms with Gasteiger partial charge in [0, 0.05) is 46.1 Å². The molecule has 6 nitrogen and oxygen atoms in total. The van der Waals surface area contributed by atoms with Crippen LogP contribution in [0.25, 0.3) is 0 Å². The van der Waals surface area contributed by atoms with Crippen molar-refractivity contribution in [1.82, 2.24) is 19.7 Å². The third kappa shape index (κ3) is 7.43. The zero-order valence-corrected chi connectivity index (χ0v) is 17.7. The monoisotopic (exact) mass is 455 g/mol. The largest absolute Gasteiger partial charge is 0.354 e. The zero-order valence-electron chi connectivity index (χ0n) is 14.6. The van der Waals surface area contributed by atoms with Crippen LogP contribution in [0.5, 0.6) is 0 Å². The molecule has 0 unspecified atom stereocenters. The molecule has 0 saturated carbocycles. The van der Waals surface area contributed by atoms with Crippen LogP contribution in [0, 0.1) is 0 Å². The average molecular weight is 456 g/mol. The minimum Gasteiger partial charge on any atom is -0.354 e. The molecule has 1 rings (SSSR count). The van der Waals surface area contributed by atoms with Crippen LogP contribution < -0.4 is 5.32 Å². The number of aryl methyl sites for hydroxylation is 1. The van der Waals surface area contributed by atoms with E-state index in [4.69, 9.17) is 11.6 Å². The van der Waals surface area contributed by atoms with Gasteiger partial charge in [0.15, 0.2) is 5.96 Å². The van der Waals surface area contributed by atoms with Crippen LogP contribution in [0.2, 0.25) is 5.02 Å². The van der Waals surface area contributed by atoms with E-state index in [0.29, 0.717) is 17.5 Å². The van der Waals surface area contributed by atoms with Gasteiger partial charge in [-0.1, -0.05) is 11.6 Å². The molecule has 0 aliphatic rings. The Hall–Kier alpha value is -0.960. The first kappa shape index (κ1) is 22.0. The van der Waals surface area contributed by atoms with Crippen LogP contribution in [0.1, 0.15) is 19.5 Å². The Morgan fingerprint density at radius 3 is 2.43 bits per heavy atom. The number of amides is 1. The summed E-state index contributed by atoms with van der Waals surface area (Å²) in [6, 6.07) is 2.16. The molecule has 0 saturated heterocycles. The van der Waals surface area contributed by atoms with Crippen LogP contribution in [0.15, 0.2) is 17.3 Å². The minimum atomic E-state index is -0.0293. The minimum absolute atomic E-state index is 0. The predicted molar refractivity (Wildman–Crippen MR) is 107 cm³/mol. The van der Waals surface area contributed by atoms with Crippen LogP contribution in [0.4, 0.5) is 0 Å². The highest BCUT2D eigenvalue weighted by Crippen LogP contribution is 2.14. The summed E-state index contributed by atoms with van der Waals surface area (Å²) in [6.45, 7) is 4.85. The quantitative estimate of drug-likeness (QED) is 0.421. The van der Waals surface area contributed by atoms with Gasteiger partial charge >= 0.3 is 0 Å². The summed E-state index contributed by atoms with van der Waals surface area (Å²) in [4.78, 5) is 19.7. The van der Waals surface area contributed by atoms with Crippen molar-refractivity contribution in [1.29, 1.82) is 0 Å². The highest BCUT2D eigenvalue weighted by Gasteiger charge is 2.12. The smallest absolute Gasteiger partial charge is 0.243 e. The Bertz CT molecular complexity index is 542. The molecule has 8 heteroatoms. The van der Waals surface area contributed by atoms with Crippen molar-refractivity contribution in [3.05, 3.63) is 23.0 Å². The molecule has 23 heavy (non-hydrogen) atoms. The van der Waals surface area contributed by atoms with Crippen molar-refractivity contribution in [2.24, 2.45) is 12.0 Å². The summed E-state index contributed by atoms with van der Waals surface area (Å²) in [5.41, 5.74) is 1.07. The number of nitrogens with zero attached hydrogens (tertiary/aromatic N) is 4. The SMILES string of the molecule is CC(C)NC(=NCC(=O)N(C)C)N(C)Cc1cc(Cl)cn1C.I. The zero-order chi connectivity index (χ0) is 16.9. The number of hydrogen-bond acceptors (Lipinski definition) is 2. The Labute approximate surface area is 160 Å². The van der Waals surface area contributed by atoms with E-state index in [0.717, 1.165) is 5.69 Å². The summed E-state index contributed by atoms with van der Waals surface area (Å²) in [5, 5.41) is 4.00. The van der Waals surface area contributed by atoms with E-state index in [1.54, 1.807) is 14.1 Å². The Morgan fingerprint density at radius 1 is 1.39 bits per heavy atom. The molecule has 0 aliphatic heterocycles. The number of aromatic nitrogens is 1. The number of guanidine groups is 1. The second-order valence-electron chi connectivity index (χ2n) is 5.84. The number of carbonyl (C=O) groups excluding carboxylic acids is 1. The number of aliphatic imine (C=N–C) groups is 1. The highest BCUT2D eigenvalue weighted by atomic mass is 127. The van der Waals surface area contributed by atoms with E-state index >= 15 is 0 Å². The molecule has 132 valence electrons. The van der Waals surface area contributed by atoms with E-state index in [1.165, 1.54) is 4.90 Å². The maximum absolute atomic E-state index is 11.7. The second-order valence-corrected chi connectivity index (χ2v) is 6.28. The van der Waals surface area contributed by atoms with E-state index < -0.39 is 0 Å². The molecule has 0 radical (unpaired) electrons. The lowest BCUT2D eigenvalue weighted by atomic mass is 10.3. The van der Waals surface area contributed by atoms with Gasteiger partial charge in [0.25, 0.3) is 0 Å². The van der Waals surface area contributed by atoms with Gasteiger partial charge < -0.3 is 19.7 Å². The van der Waals surface area contributed by atoms with Gasteiger partial charge in [-0.2, -0.15) is 0 Å². The van der Waals surface area contributed by atoms with E-state index in [2.05, 4.69) is 10.3 Å². The lowest BCUT2D eigenvalue weighted by molar-refractivity contribution is -0.127. The van der Waals surface area contributed by atoms with Crippen molar-refractivity contribution in [3.63, 3.8) is 0 Å². The molecule has 1 amide bonds. The van der Waals surface area contributed by atoms with Crippen LogP contribution in [-0.2, 0) is 18.4 Å². The summed E-state index contributed by atoms with van der Waals surface area (Å²) >= 11 is 6.02. The number of carbonyl (C=O) groups is 1. The van der Waals surface area contributed by atoms with E-state index in [9.17, 15) is 4.79 Å². The number of likely N-dealkylation sites (N-methyl/N-ethyl adjacent to an activating group) is 1. The van der Waals surface area contributed by atoms with Crippen molar-refractivity contribution in [3.8, 4) is 0 Å². The first-order chi connectivity index (χ1) is 10.2. The summed E-state index contributed by atoms with van der Waals surface area (Å²) in [5.74, 6) is 0.667. The van der Waals surface area contributed by atoms with E-state index in [1.807, 2.05) is 49.7 Å². The number of rotatable bonds is 5. The fourth-order valence-electron chi connectivity index (χ4n) is 1.86. The van der Waals surface area contributed by atoms with Crippen molar-refractivity contribution >= 4 is 47.4 Å². The fraction of sp³-hybridized carbons (Fsp3) is 0.600. The predicted octanol–water partition coefficient (Wildman–Crippen LogP) is 2.17. The van der Waals surface area contributed by atoms with Crippen LogP contribution in [-0.4, -0.2) is 60.0 Å². The van der Waals surface area contributed by atoms with Crippen LogP contribution in [0.3, 0.4) is 0 Å². The molecule has 0 aromatic carbocycles. The van der Waals surface area contributed by atoms with Gasteiger partial charge in [-0.25, -0.2) is 4.99 Å². The number of hydrogen-bond donors (Lipinski definition) is 1. The molecule has 1 aromatic heterocycles. The lowest BCUT2D eigenvalue weighted by Gasteiger charge is -2.24. The molecule has 0 spiro atoms. The average Bonchev–Trinajstić information content (AvgIpc) is 2.71. The first-order valence-corrected chi connectivity index (χ1v) is 7.61. The molecular weight excluding hydrogens is 429 g/mol. The fourth-order valence-corrected chi connectivity index (χ4v) is 2.13. The second kappa shape index (κ2) is 10.0. The van der Waals surface area contributed by atoms with Gasteiger partial charge in [-0.3, -0.25) is 4.79 Å². The van der Waals surface area contributed by atoms with Crippen molar-refractivity contribution in [2.75, 3.05) is 27.7 Å². The maximum atomic E-state index is 11.7. The van der Waals surface area contributed by atoms with Gasteiger partial charge in [0.05, 0.1) is 11.6 Å². The van der Waals surface area contributed by atoms with Gasteiger partial charge in [-0.05, 0) is 19.9 Å². The maximum Gasteiger partial charge on any atom is 0.243 e. The third-order valence-electron chi connectivity index (χ3n) is 3.12. The normalized spacial score (nSPS) is 11.2. The summed E-state index contributed by atoms with van der Waals surface area (Å²) in [7, 11) is 7.35. The first-order valence-electron chi connectivity index (χ1n) is 7.23. The third-order valence-corrected chi connectivity index (χ3v) is 3.32. The standard InChI is InChI=1S/C15H26ClN5O.HI/c1-11(2)18-15(17-8-14(22)19(3)4)21(6)10-13-7-12(16)9-20(13)5;/h7,9,11H,8,10H2,1-6H3,(H,17,18);1H. The van der Waals surface area contributed by atoms with Gasteiger partial charge in [-0.15, -0.1) is 24.0 Å². The molecule has 1 aromatic rings. The summed E-state index contributed by atoms with van der Waals surface area (Å²) < 4.78 is 1.98. The molecule has 0 fully saturated rings. The molecule has 0 aliphatic carbocycles. The Kier molecular flexibility index (Phi) is 9.60. The van der Waals surface area contributed by atoms with Crippen molar-refractivity contribution in [2.45, 2.75) is 26.4 Å². The molecular formula is C15H27ClIN5O. The van der Waals surface area contributed by atoms with Crippen molar-refractivity contribution < 1.29 is 4.79 Å². The van der Waals surface area contributed by atoms with Gasteiger partial charge in [0.1, 0.15) is 6.54 Å². The topological polar surface area (TPSA) is 52.9 Å². The summed E-state index contributed by atoms with van der Waals surface area (Å²) in [6.07, 6.45) is 1.87. The molecule has 0 atom stereocenters. The number of nitrogens with one attached hydrogen (secondary N) is 1. The molecule has 1 N–H and O–H groups in total. The lowest BCUT2D eigenvalue weighted by Crippen LogP contribution is -2.43.